The Bertz CT molecular complexity index is 426. The number of ether oxygens (including phenoxy) is 1. The fourth-order valence-corrected chi connectivity index (χ4v) is 1.28. The zero-order valence-electron chi connectivity index (χ0n) is 9.64. The maximum atomic E-state index is 11.6. The third-order valence-electron chi connectivity index (χ3n) is 2.23. The number of nitrogens with zero attached hydrogens (tertiary/aromatic N) is 1. The molecule has 1 unspecified atom stereocenters. The summed E-state index contributed by atoms with van der Waals surface area (Å²) in [5, 5.41) is 11.4. The van der Waals surface area contributed by atoms with Crippen LogP contribution in [0.15, 0.2) is 24.3 Å². The molecule has 0 saturated heterocycles. The fourth-order valence-electron chi connectivity index (χ4n) is 1.28. The molecule has 1 aromatic carbocycles. The van der Waals surface area contributed by atoms with E-state index in [1.165, 1.54) is 0 Å². The molecule has 3 N–H and O–H groups in total. The molecule has 0 fully saturated rings. The number of hydrogen-bond acceptors (Lipinski definition) is 4. The second kappa shape index (κ2) is 6.63. The number of carbonyl (C=O) groups excluding carboxylic acids is 1. The number of rotatable bonds is 5. The maximum absolute atomic E-state index is 11.6. The van der Waals surface area contributed by atoms with Crippen LogP contribution in [0.2, 0.25) is 0 Å². The lowest BCUT2D eigenvalue weighted by Gasteiger charge is -2.11. The molecule has 1 atom stereocenters. The summed E-state index contributed by atoms with van der Waals surface area (Å²) in [6.07, 6.45) is 0.459. The van der Waals surface area contributed by atoms with E-state index in [9.17, 15) is 4.79 Å². The number of amides is 1. The number of nitriles is 1. The number of anilines is 1. The van der Waals surface area contributed by atoms with Gasteiger partial charge in [-0.25, -0.2) is 0 Å². The summed E-state index contributed by atoms with van der Waals surface area (Å²) < 4.78 is 4.85. The van der Waals surface area contributed by atoms with Gasteiger partial charge in [0.05, 0.1) is 17.7 Å². The predicted molar refractivity (Wildman–Crippen MR) is 64.3 cm³/mol. The summed E-state index contributed by atoms with van der Waals surface area (Å²) in [5.41, 5.74) is 6.73. The average Bonchev–Trinajstić information content (AvgIpc) is 2.36. The zero-order valence-corrected chi connectivity index (χ0v) is 9.64. The summed E-state index contributed by atoms with van der Waals surface area (Å²) >= 11 is 0. The number of methoxy groups -OCH3 is 1. The Balaban J connectivity index is 2.58. The van der Waals surface area contributed by atoms with Crippen LogP contribution in [0.4, 0.5) is 5.69 Å². The highest BCUT2D eigenvalue weighted by Gasteiger charge is 2.13. The highest BCUT2D eigenvalue weighted by atomic mass is 16.5. The van der Waals surface area contributed by atoms with Gasteiger partial charge in [0.15, 0.2) is 0 Å². The lowest BCUT2D eigenvalue weighted by atomic mass is 10.2. The molecular weight excluding hydrogens is 218 g/mol. The fraction of sp³-hybridized carbons (Fsp3) is 0.333. The van der Waals surface area contributed by atoms with E-state index in [4.69, 9.17) is 15.7 Å². The van der Waals surface area contributed by atoms with Gasteiger partial charge in [-0.2, -0.15) is 5.26 Å². The first-order valence-electron chi connectivity index (χ1n) is 5.23. The van der Waals surface area contributed by atoms with E-state index in [1.807, 2.05) is 6.07 Å². The third-order valence-corrected chi connectivity index (χ3v) is 2.23. The summed E-state index contributed by atoms with van der Waals surface area (Å²) in [6, 6.07) is 8.07. The minimum absolute atomic E-state index is 0.280. The van der Waals surface area contributed by atoms with Crippen LogP contribution in [0, 0.1) is 11.3 Å². The van der Waals surface area contributed by atoms with E-state index in [2.05, 4.69) is 5.32 Å². The van der Waals surface area contributed by atoms with Gasteiger partial charge < -0.3 is 15.8 Å². The van der Waals surface area contributed by atoms with Gasteiger partial charge in [-0.05, 0) is 24.6 Å². The molecular formula is C12H15N3O2. The highest BCUT2D eigenvalue weighted by molar-refractivity contribution is 5.94. The van der Waals surface area contributed by atoms with E-state index in [0.717, 1.165) is 0 Å². The molecule has 17 heavy (non-hydrogen) atoms. The second-order valence-electron chi connectivity index (χ2n) is 3.57. The van der Waals surface area contributed by atoms with Crippen LogP contribution in [0.1, 0.15) is 12.0 Å². The van der Waals surface area contributed by atoms with Crippen LogP contribution in [0.5, 0.6) is 0 Å². The number of benzene rings is 1. The highest BCUT2D eigenvalue weighted by Crippen LogP contribution is 2.10. The Morgan fingerprint density at radius 3 is 3.06 bits per heavy atom. The minimum Gasteiger partial charge on any atom is -0.385 e. The average molecular weight is 233 g/mol. The van der Waals surface area contributed by atoms with Gasteiger partial charge in [0.1, 0.15) is 0 Å². The second-order valence-corrected chi connectivity index (χ2v) is 3.57. The van der Waals surface area contributed by atoms with E-state index in [0.29, 0.717) is 24.3 Å². The molecule has 90 valence electrons. The molecule has 0 aliphatic rings. The Morgan fingerprint density at radius 2 is 2.41 bits per heavy atom. The number of hydrogen-bond donors (Lipinski definition) is 2. The van der Waals surface area contributed by atoms with Crippen LogP contribution >= 0.6 is 0 Å². The van der Waals surface area contributed by atoms with E-state index < -0.39 is 6.04 Å². The molecule has 0 saturated carbocycles. The summed E-state index contributed by atoms with van der Waals surface area (Å²) in [6.45, 7) is 0.437. The molecule has 0 aliphatic carbocycles. The van der Waals surface area contributed by atoms with Gasteiger partial charge >= 0.3 is 0 Å². The summed E-state index contributed by atoms with van der Waals surface area (Å²) in [7, 11) is 1.56. The quantitative estimate of drug-likeness (QED) is 0.789. The summed E-state index contributed by atoms with van der Waals surface area (Å²) in [5.74, 6) is -0.280. The van der Waals surface area contributed by atoms with E-state index in [1.54, 1.807) is 31.4 Å². The standard InChI is InChI=1S/C12H15N3O2/c1-17-6-5-11(14)12(16)15-10-4-2-3-9(7-10)8-13/h2-4,7,11H,5-6,14H2,1H3,(H,15,16). The molecule has 0 heterocycles. The lowest BCUT2D eigenvalue weighted by molar-refractivity contribution is -0.117. The molecule has 1 rings (SSSR count). The first kappa shape index (κ1) is 13.2. The monoisotopic (exact) mass is 233 g/mol. The molecule has 1 aromatic rings. The van der Waals surface area contributed by atoms with E-state index in [-0.39, 0.29) is 5.91 Å². The van der Waals surface area contributed by atoms with Crippen LogP contribution in [0.3, 0.4) is 0 Å². The largest absolute Gasteiger partial charge is 0.385 e. The van der Waals surface area contributed by atoms with Crippen molar-refractivity contribution in [2.45, 2.75) is 12.5 Å². The van der Waals surface area contributed by atoms with E-state index >= 15 is 0 Å². The van der Waals surface area contributed by atoms with Crippen molar-refractivity contribution in [2.75, 3.05) is 19.0 Å². The predicted octanol–water partition coefficient (Wildman–Crippen LogP) is 0.861. The zero-order chi connectivity index (χ0) is 12.7. The lowest BCUT2D eigenvalue weighted by Crippen LogP contribution is -2.36. The number of nitrogens with one attached hydrogen (secondary N) is 1. The summed E-state index contributed by atoms with van der Waals surface area (Å²) in [4.78, 5) is 11.6. The third kappa shape index (κ3) is 4.23. The van der Waals surface area contributed by atoms with Crippen LogP contribution in [-0.2, 0) is 9.53 Å². The number of carbonyl (C=O) groups is 1. The van der Waals surface area contributed by atoms with Crippen molar-refractivity contribution in [3.63, 3.8) is 0 Å². The molecule has 5 nitrogen and oxygen atoms in total. The normalized spacial score (nSPS) is 11.6. The topological polar surface area (TPSA) is 88.1 Å². The molecule has 0 aromatic heterocycles. The molecule has 0 radical (unpaired) electrons. The number of nitrogens with two attached hydrogens (primary N) is 1. The first-order chi connectivity index (χ1) is 8.17. The van der Waals surface area contributed by atoms with Gasteiger partial charge in [-0.1, -0.05) is 6.07 Å². The van der Waals surface area contributed by atoms with Crippen LogP contribution in [0.25, 0.3) is 0 Å². The Hall–Kier alpha value is -1.90. The van der Waals surface area contributed by atoms with Crippen molar-refractivity contribution < 1.29 is 9.53 Å². The molecule has 0 aliphatic heterocycles. The van der Waals surface area contributed by atoms with Crippen molar-refractivity contribution in [3.05, 3.63) is 29.8 Å². The smallest absolute Gasteiger partial charge is 0.241 e. The van der Waals surface area contributed by atoms with Crippen molar-refractivity contribution in [1.82, 2.24) is 0 Å². The van der Waals surface area contributed by atoms with Crippen LogP contribution in [-0.4, -0.2) is 25.7 Å². The first-order valence-corrected chi connectivity index (χ1v) is 5.23. The van der Waals surface area contributed by atoms with Gasteiger partial charge in [0, 0.05) is 19.4 Å². The van der Waals surface area contributed by atoms with Gasteiger partial charge in [0.2, 0.25) is 5.91 Å². The minimum atomic E-state index is -0.610. The van der Waals surface area contributed by atoms with Crippen LogP contribution < -0.4 is 11.1 Å². The van der Waals surface area contributed by atoms with Gasteiger partial charge in [-0.15, -0.1) is 0 Å². The SMILES string of the molecule is COCCC(N)C(=O)Nc1cccc(C#N)c1. The Kier molecular flexibility index (Phi) is 5.14. The Labute approximate surface area is 100 Å². The Morgan fingerprint density at radius 1 is 1.65 bits per heavy atom. The van der Waals surface area contributed by atoms with Gasteiger partial charge in [0.25, 0.3) is 0 Å². The molecule has 5 heteroatoms. The van der Waals surface area contributed by atoms with Gasteiger partial charge in [-0.3, -0.25) is 4.79 Å². The molecule has 0 bridgehead atoms. The molecule has 1 amide bonds. The van der Waals surface area contributed by atoms with Crippen molar-refractivity contribution in [1.29, 1.82) is 5.26 Å². The van der Waals surface area contributed by atoms with Crippen molar-refractivity contribution >= 4 is 11.6 Å². The van der Waals surface area contributed by atoms with Crippen molar-refractivity contribution in [3.8, 4) is 6.07 Å². The van der Waals surface area contributed by atoms with Crippen molar-refractivity contribution in [2.24, 2.45) is 5.73 Å². The molecule has 0 spiro atoms. The maximum Gasteiger partial charge on any atom is 0.241 e.